The van der Waals surface area contributed by atoms with Crippen molar-refractivity contribution in [3.8, 4) is 5.75 Å². The fourth-order valence-corrected chi connectivity index (χ4v) is 4.18. The number of methoxy groups -OCH3 is 1. The van der Waals surface area contributed by atoms with Gasteiger partial charge in [0, 0.05) is 18.0 Å². The van der Waals surface area contributed by atoms with E-state index in [0.29, 0.717) is 36.7 Å². The van der Waals surface area contributed by atoms with Crippen LogP contribution in [0.1, 0.15) is 43.1 Å². The number of hydrogen-bond acceptors (Lipinski definition) is 4. The number of carbonyl (C=O) groups excluding carboxylic acids is 1. The van der Waals surface area contributed by atoms with Gasteiger partial charge in [0.2, 0.25) is 11.6 Å². The Morgan fingerprint density at radius 2 is 1.76 bits per heavy atom. The molecule has 0 bridgehead atoms. The molecule has 34 heavy (non-hydrogen) atoms. The zero-order valence-electron chi connectivity index (χ0n) is 18.3. The second-order valence-electron chi connectivity index (χ2n) is 8.29. The van der Waals surface area contributed by atoms with Crippen LogP contribution in [0.4, 0.5) is 22.4 Å². The van der Waals surface area contributed by atoms with Crippen molar-refractivity contribution in [2.75, 3.05) is 7.11 Å². The Hall–Kier alpha value is -3.34. The summed E-state index contributed by atoms with van der Waals surface area (Å²) in [6.07, 6.45) is 1.20. The van der Waals surface area contributed by atoms with Crippen LogP contribution in [0.2, 0.25) is 0 Å². The molecule has 1 fully saturated rings. The highest BCUT2D eigenvalue weighted by atomic mass is 19.2. The van der Waals surface area contributed by atoms with E-state index in [9.17, 15) is 27.5 Å². The van der Waals surface area contributed by atoms with E-state index < -0.39 is 59.2 Å². The highest BCUT2D eigenvalue weighted by Crippen LogP contribution is 2.32. The smallest absolute Gasteiger partial charge is 0.315 e. The number of halogens is 4. The summed E-state index contributed by atoms with van der Waals surface area (Å²) in [7, 11) is 0.896. The Balaban J connectivity index is 1.64. The quantitative estimate of drug-likeness (QED) is 0.316. The van der Waals surface area contributed by atoms with E-state index in [2.05, 4.69) is 25.3 Å². The summed E-state index contributed by atoms with van der Waals surface area (Å²) in [5, 5.41) is 15.0. The highest BCUT2D eigenvalue weighted by molar-refractivity contribution is 5.76. The normalized spacial score (nSPS) is 19.1. The molecule has 7 nitrogen and oxygen atoms in total. The third-order valence-corrected chi connectivity index (χ3v) is 6.00. The van der Waals surface area contributed by atoms with Crippen LogP contribution in [0, 0.1) is 23.3 Å². The number of amides is 2. The third-order valence-electron chi connectivity index (χ3n) is 6.00. The van der Waals surface area contributed by atoms with E-state index in [4.69, 9.17) is 0 Å². The van der Waals surface area contributed by atoms with Gasteiger partial charge < -0.3 is 25.5 Å². The van der Waals surface area contributed by atoms with Crippen LogP contribution >= 0.6 is 0 Å². The van der Waals surface area contributed by atoms with Crippen molar-refractivity contribution in [2.24, 2.45) is 0 Å². The van der Waals surface area contributed by atoms with Crippen LogP contribution in [-0.2, 0) is 6.42 Å². The van der Waals surface area contributed by atoms with Crippen molar-refractivity contribution in [1.82, 2.24) is 20.6 Å². The SMILES string of the molecule is COc1c(F)c(F)c(CC(NC(=O)NC2CCC(O)CC2)c2nc3ccccc3[nH]2)c(F)c1F. The first-order valence-corrected chi connectivity index (χ1v) is 10.9. The molecule has 11 heteroatoms. The highest BCUT2D eigenvalue weighted by Gasteiger charge is 2.30. The van der Waals surface area contributed by atoms with Crippen LogP contribution in [0.25, 0.3) is 11.0 Å². The first-order valence-electron chi connectivity index (χ1n) is 10.9. The monoisotopic (exact) mass is 480 g/mol. The molecule has 2 amide bonds. The number of benzene rings is 2. The van der Waals surface area contributed by atoms with E-state index in [1.54, 1.807) is 24.3 Å². The van der Waals surface area contributed by atoms with Gasteiger partial charge in [0.15, 0.2) is 17.4 Å². The average molecular weight is 480 g/mol. The summed E-state index contributed by atoms with van der Waals surface area (Å²) in [6, 6.07) is 4.96. The van der Waals surface area contributed by atoms with Crippen LogP contribution in [0.3, 0.4) is 0 Å². The predicted molar refractivity (Wildman–Crippen MR) is 115 cm³/mol. The molecule has 0 radical (unpaired) electrons. The fraction of sp³-hybridized carbons (Fsp3) is 0.391. The molecule has 0 saturated heterocycles. The Morgan fingerprint density at radius 3 is 2.38 bits per heavy atom. The van der Waals surface area contributed by atoms with Gasteiger partial charge in [0.25, 0.3) is 0 Å². The molecule has 0 aliphatic heterocycles. The van der Waals surface area contributed by atoms with Crippen LogP contribution in [0.15, 0.2) is 24.3 Å². The number of carbonyl (C=O) groups is 1. The number of fused-ring (bicyclic) bond motifs is 1. The number of rotatable bonds is 6. The first-order chi connectivity index (χ1) is 16.3. The molecule has 1 aliphatic rings. The number of H-pyrrole nitrogens is 1. The maximum atomic E-state index is 14.7. The Labute approximate surface area is 192 Å². The predicted octanol–water partition coefficient (Wildman–Crippen LogP) is 4.01. The molecule has 1 unspecified atom stereocenters. The lowest BCUT2D eigenvalue weighted by molar-refractivity contribution is 0.117. The molecule has 0 spiro atoms. The summed E-state index contributed by atoms with van der Waals surface area (Å²) >= 11 is 0. The second kappa shape index (κ2) is 9.88. The molecule has 2 aromatic carbocycles. The zero-order valence-corrected chi connectivity index (χ0v) is 18.3. The number of imidazole rings is 1. The lowest BCUT2D eigenvalue weighted by atomic mass is 9.93. The van der Waals surface area contributed by atoms with Gasteiger partial charge in [-0.1, -0.05) is 12.1 Å². The molecule has 1 aliphatic carbocycles. The topological polar surface area (TPSA) is 99.3 Å². The van der Waals surface area contributed by atoms with Gasteiger partial charge >= 0.3 is 6.03 Å². The van der Waals surface area contributed by atoms with E-state index >= 15 is 0 Å². The molecular formula is C23H24F4N4O3. The van der Waals surface area contributed by atoms with Crippen LogP contribution < -0.4 is 15.4 Å². The summed E-state index contributed by atoms with van der Waals surface area (Å²) in [4.78, 5) is 20.1. The lowest BCUT2D eigenvalue weighted by Gasteiger charge is -2.27. The molecule has 4 N–H and O–H groups in total. The number of urea groups is 1. The van der Waals surface area contributed by atoms with Crippen molar-refractivity contribution in [1.29, 1.82) is 0 Å². The van der Waals surface area contributed by atoms with Gasteiger partial charge in [-0.15, -0.1) is 0 Å². The number of aromatic amines is 1. The van der Waals surface area contributed by atoms with Crippen molar-refractivity contribution in [2.45, 2.75) is 50.3 Å². The summed E-state index contributed by atoms with van der Waals surface area (Å²) in [5.74, 6) is -7.55. The average Bonchev–Trinajstić information content (AvgIpc) is 3.26. The van der Waals surface area contributed by atoms with Gasteiger partial charge in [-0.2, -0.15) is 8.78 Å². The summed E-state index contributed by atoms with van der Waals surface area (Å²) in [5.41, 5.74) is 0.264. The largest absolute Gasteiger partial charge is 0.491 e. The summed E-state index contributed by atoms with van der Waals surface area (Å²) < 4.78 is 62.3. The minimum absolute atomic E-state index is 0.158. The Bertz CT molecular complexity index is 1130. The maximum Gasteiger partial charge on any atom is 0.315 e. The maximum absolute atomic E-state index is 14.7. The van der Waals surface area contributed by atoms with Gasteiger partial charge in [-0.3, -0.25) is 0 Å². The Morgan fingerprint density at radius 1 is 1.12 bits per heavy atom. The minimum Gasteiger partial charge on any atom is -0.491 e. The number of nitrogens with zero attached hydrogens (tertiary/aromatic N) is 1. The number of ether oxygens (including phenoxy) is 1. The van der Waals surface area contributed by atoms with E-state index in [1.807, 2.05) is 0 Å². The van der Waals surface area contributed by atoms with Crippen molar-refractivity contribution in [3.63, 3.8) is 0 Å². The molecule has 1 heterocycles. The first kappa shape index (κ1) is 23.8. The molecule has 3 aromatic rings. The number of aromatic nitrogens is 2. The van der Waals surface area contributed by atoms with Gasteiger partial charge in [-0.05, 0) is 37.8 Å². The molecule has 4 rings (SSSR count). The van der Waals surface area contributed by atoms with Gasteiger partial charge in [0.05, 0.1) is 30.3 Å². The fourth-order valence-electron chi connectivity index (χ4n) is 4.18. The molecular weight excluding hydrogens is 456 g/mol. The molecule has 1 saturated carbocycles. The van der Waals surface area contributed by atoms with Crippen molar-refractivity contribution >= 4 is 17.1 Å². The minimum atomic E-state index is -1.66. The standard InChI is InChI=1S/C23H24F4N4O3/c1-34-21-19(26)17(24)13(18(25)20(21)27)10-16(22-29-14-4-2-3-5-15(14)30-22)31-23(33)28-11-6-8-12(32)9-7-11/h2-5,11-12,16,32H,6-10H2,1H3,(H,29,30)(H2,28,31,33). The molecule has 1 aromatic heterocycles. The second-order valence-corrected chi connectivity index (χ2v) is 8.29. The van der Waals surface area contributed by atoms with Crippen LogP contribution in [-0.4, -0.2) is 40.4 Å². The number of aliphatic hydroxyl groups is 1. The molecule has 1 atom stereocenters. The number of nitrogens with one attached hydrogen (secondary N) is 3. The van der Waals surface area contributed by atoms with E-state index in [-0.39, 0.29) is 11.9 Å². The van der Waals surface area contributed by atoms with Crippen molar-refractivity contribution < 1.29 is 32.2 Å². The van der Waals surface area contributed by atoms with Gasteiger partial charge in [0.1, 0.15) is 5.82 Å². The lowest BCUT2D eigenvalue weighted by Crippen LogP contribution is -2.45. The van der Waals surface area contributed by atoms with E-state index in [0.717, 1.165) is 7.11 Å². The van der Waals surface area contributed by atoms with E-state index in [1.165, 1.54) is 0 Å². The zero-order chi connectivity index (χ0) is 24.4. The molecule has 182 valence electrons. The third kappa shape index (κ3) is 4.79. The number of hydrogen-bond donors (Lipinski definition) is 4. The van der Waals surface area contributed by atoms with Crippen molar-refractivity contribution in [3.05, 3.63) is 58.9 Å². The Kier molecular flexibility index (Phi) is 6.92. The summed E-state index contributed by atoms with van der Waals surface area (Å²) in [6.45, 7) is 0. The van der Waals surface area contributed by atoms with Crippen LogP contribution in [0.5, 0.6) is 5.75 Å². The number of para-hydroxylation sites is 2. The number of aliphatic hydroxyl groups excluding tert-OH is 1. The van der Waals surface area contributed by atoms with Gasteiger partial charge in [-0.25, -0.2) is 18.6 Å².